The molecule has 31 heavy (non-hydrogen) atoms. The van der Waals surface area contributed by atoms with Gasteiger partial charge in [-0.1, -0.05) is 96.8 Å². The first-order valence-corrected chi connectivity index (χ1v) is 13.5. The monoisotopic (exact) mass is 480 g/mol. The Balaban J connectivity index is 3.23. The predicted molar refractivity (Wildman–Crippen MR) is 131 cm³/mol. The fraction of sp³-hybridized carbons (Fsp3) is 0.920. The molecule has 0 fully saturated rings. The number of alkyl halides is 2. The first kappa shape index (κ1) is 30.5. The Hall–Kier alpha value is -0.480. The molecule has 0 aromatic rings. The maximum Gasteiger partial charge on any atom is 0.305 e. The highest BCUT2D eigenvalue weighted by Crippen LogP contribution is 2.13. The fourth-order valence-corrected chi connectivity index (χ4v) is 3.62. The van der Waals surface area contributed by atoms with Gasteiger partial charge in [-0.15, -0.1) is 23.2 Å². The van der Waals surface area contributed by atoms with E-state index >= 15 is 0 Å². The summed E-state index contributed by atoms with van der Waals surface area (Å²) in [6.45, 7) is 2.78. The summed E-state index contributed by atoms with van der Waals surface area (Å²) in [5.74, 6) is -0.516. The van der Waals surface area contributed by atoms with Crippen molar-refractivity contribution in [2.75, 3.05) is 13.2 Å². The van der Waals surface area contributed by atoms with Gasteiger partial charge in [0.05, 0.1) is 6.61 Å². The molecule has 0 atom stereocenters. The van der Waals surface area contributed by atoms with Crippen molar-refractivity contribution in [3.8, 4) is 0 Å². The minimum Gasteiger partial charge on any atom is -0.466 e. The van der Waals surface area contributed by atoms with Crippen LogP contribution in [0.15, 0.2) is 0 Å². The number of hydrogen-bond donors (Lipinski definition) is 0. The zero-order valence-electron chi connectivity index (χ0n) is 19.8. The number of carbonyl (C=O) groups is 2. The normalized spacial score (nSPS) is 11.1. The molecular weight excluding hydrogens is 435 g/mol. The van der Waals surface area contributed by atoms with Crippen LogP contribution in [-0.4, -0.2) is 30.0 Å². The van der Waals surface area contributed by atoms with Gasteiger partial charge in [0.1, 0.15) is 11.4 Å². The summed E-state index contributed by atoms with van der Waals surface area (Å²) in [5, 5.41) is 0. The van der Waals surface area contributed by atoms with Crippen molar-refractivity contribution >= 4 is 35.1 Å². The van der Waals surface area contributed by atoms with Crippen molar-refractivity contribution in [2.24, 2.45) is 0 Å². The number of carbonyl (C=O) groups excluding carboxylic acids is 2. The number of hydrogen-bond acceptors (Lipinski definition) is 4. The average Bonchev–Trinajstić information content (AvgIpc) is 2.75. The Bertz CT molecular complexity index is 416. The molecule has 0 saturated carbocycles. The lowest BCUT2D eigenvalue weighted by molar-refractivity contribution is -0.145. The van der Waals surface area contributed by atoms with Crippen LogP contribution in [-0.2, 0) is 19.1 Å². The Morgan fingerprint density at radius 3 is 1.39 bits per heavy atom. The molecule has 0 aliphatic rings. The number of esters is 2. The van der Waals surface area contributed by atoms with Crippen molar-refractivity contribution < 1.29 is 19.1 Å². The number of halogens is 2. The molecule has 0 aliphatic carbocycles. The van der Waals surface area contributed by atoms with Gasteiger partial charge in [0.2, 0.25) is 0 Å². The summed E-state index contributed by atoms with van der Waals surface area (Å²) in [4.78, 5) is 22.4. The minimum atomic E-state index is -0.696. The second-order valence-corrected chi connectivity index (χ2v) is 9.73. The second kappa shape index (κ2) is 24.2. The molecule has 0 aromatic carbocycles. The van der Waals surface area contributed by atoms with Crippen LogP contribution in [0, 0.1) is 0 Å². The van der Waals surface area contributed by atoms with E-state index < -0.39 is 4.84 Å². The van der Waals surface area contributed by atoms with E-state index in [9.17, 15) is 9.59 Å². The topological polar surface area (TPSA) is 52.6 Å². The van der Waals surface area contributed by atoms with Crippen LogP contribution in [0.3, 0.4) is 0 Å². The smallest absolute Gasteiger partial charge is 0.305 e. The molecule has 0 heterocycles. The number of rotatable bonds is 23. The van der Waals surface area contributed by atoms with E-state index in [-0.39, 0.29) is 25.0 Å². The van der Waals surface area contributed by atoms with Gasteiger partial charge in [-0.25, -0.2) is 0 Å². The molecule has 6 heteroatoms. The van der Waals surface area contributed by atoms with Crippen molar-refractivity contribution in [3.05, 3.63) is 0 Å². The number of unbranched alkanes of at least 4 members (excludes halogenated alkanes) is 15. The molecule has 0 saturated heterocycles. The highest BCUT2D eigenvalue weighted by atomic mass is 35.5. The minimum absolute atomic E-state index is 0.00321. The lowest BCUT2D eigenvalue weighted by Gasteiger charge is -2.06. The Kier molecular flexibility index (Phi) is 23.8. The van der Waals surface area contributed by atoms with Crippen LogP contribution in [0.1, 0.15) is 129 Å². The largest absolute Gasteiger partial charge is 0.466 e. The molecular formula is C25H46Cl2O4. The van der Waals surface area contributed by atoms with Gasteiger partial charge in [0, 0.05) is 12.8 Å². The number of ether oxygens (including phenoxy) is 2. The molecule has 184 valence electrons. The molecule has 4 nitrogen and oxygen atoms in total. The second-order valence-electron chi connectivity index (χ2n) is 8.45. The summed E-state index contributed by atoms with van der Waals surface area (Å²) in [5.41, 5.74) is 0. The highest BCUT2D eigenvalue weighted by Gasteiger charge is 2.08. The first-order chi connectivity index (χ1) is 15.1. The van der Waals surface area contributed by atoms with Crippen molar-refractivity contribution in [3.63, 3.8) is 0 Å². The van der Waals surface area contributed by atoms with E-state index in [0.717, 1.165) is 12.8 Å². The third-order valence-corrected chi connectivity index (χ3v) is 5.65. The van der Waals surface area contributed by atoms with Crippen LogP contribution in [0.2, 0.25) is 0 Å². The zero-order valence-corrected chi connectivity index (χ0v) is 21.3. The molecule has 0 aliphatic heterocycles. The van der Waals surface area contributed by atoms with Gasteiger partial charge in [0.15, 0.2) is 0 Å². The van der Waals surface area contributed by atoms with E-state index in [4.69, 9.17) is 32.7 Å². The van der Waals surface area contributed by atoms with E-state index in [2.05, 4.69) is 6.92 Å². The molecule has 0 unspecified atom stereocenters. The van der Waals surface area contributed by atoms with Crippen LogP contribution in [0.4, 0.5) is 0 Å². The fourth-order valence-electron chi connectivity index (χ4n) is 3.50. The molecule has 0 rings (SSSR count). The molecule has 0 N–H and O–H groups in total. The summed E-state index contributed by atoms with van der Waals surface area (Å²) in [6.07, 6.45) is 21.7. The van der Waals surface area contributed by atoms with Gasteiger partial charge >= 0.3 is 11.9 Å². The Labute approximate surface area is 201 Å². The first-order valence-electron chi connectivity index (χ1n) is 12.7. The van der Waals surface area contributed by atoms with Crippen molar-refractivity contribution in [1.82, 2.24) is 0 Å². The quantitative estimate of drug-likeness (QED) is 0.0836. The summed E-state index contributed by atoms with van der Waals surface area (Å²) in [6, 6.07) is 0. The van der Waals surface area contributed by atoms with Gasteiger partial charge in [-0.3, -0.25) is 9.59 Å². The summed E-state index contributed by atoms with van der Waals surface area (Å²) >= 11 is 11.0. The standard InChI is InChI=1S/C25H46Cl2O4/c1-2-3-4-5-6-7-8-9-10-11-12-13-14-15-18-21-30-24(28)19-16-17-20-25(29)31-22-23(26)27/h23H,2-22H2,1H3. The van der Waals surface area contributed by atoms with Crippen LogP contribution < -0.4 is 0 Å². The maximum atomic E-state index is 11.7. The lowest BCUT2D eigenvalue weighted by atomic mass is 10.0. The Morgan fingerprint density at radius 1 is 0.581 bits per heavy atom. The van der Waals surface area contributed by atoms with Crippen LogP contribution in [0.5, 0.6) is 0 Å². The predicted octanol–water partition coefficient (Wildman–Crippen LogP) is 8.31. The van der Waals surface area contributed by atoms with Crippen LogP contribution >= 0.6 is 23.2 Å². The van der Waals surface area contributed by atoms with Gasteiger partial charge in [-0.05, 0) is 19.3 Å². The summed E-state index contributed by atoms with van der Waals surface area (Å²) < 4.78 is 10.1. The third-order valence-electron chi connectivity index (χ3n) is 5.39. The van der Waals surface area contributed by atoms with Gasteiger partial charge in [0.25, 0.3) is 0 Å². The Morgan fingerprint density at radius 2 is 0.968 bits per heavy atom. The van der Waals surface area contributed by atoms with E-state index in [0.29, 0.717) is 25.9 Å². The SMILES string of the molecule is CCCCCCCCCCCCCCCCCOC(=O)CCCCC(=O)OCC(Cl)Cl. The average molecular weight is 482 g/mol. The molecule has 0 radical (unpaired) electrons. The van der Waals surface area contributed by atoms with E-state index in [1.54, 1.807) is 0 Å². The van der Waals surface area contributed by atoms with Crippen LogP contribution in [0.25, 0.3) is 0 Å². The third kappa shape index (κ3) is 25.7. The van der Waals surface area contributed by atoms with Crippen molar-refractivity contribution in [1.29, 1.82) is 0 Å². The molecule has 0 bridgehead atoms. The highest BCUT2D eigenvalue weighted by molar-refractivity contribution is 6.44. The van der Waals surface area contributed by atoms with Gasteiger partial charge < -0.3 is 9.47 Å². The van der Waals surface area contributed by atoms with E-state index in [1.807, 2.05) is 0 Å². The maximum absolute atomic E-state index is 11.7. The van der Waals surface area contributed by atoms with Gasteiger partial charge in [-0.2, -0.15) is 0 Å². The van der Waals surface area contributed by atoms with E-state index in [1.165, 1.54) is 83.5 Å². The molecule has 0 aromatic heterocycles. The summed E-state index contributed by atoms with van der Waals surface area (Å²) in [7, 11) is 0. The van der Waals surface area contributed by atoms with Crippen molar-refractivity contribution in [2.45, 2.75) is 134 Å². The molecule has 0 amide bonds. The molecule has 0 spiro atoms. The zero-order chi connectivity index (χ0) is 23.0. The lowest BCUT2D eigenvalue weighted by Crippen LogP contribution is -2.10.